The van der Waals surface area contributed by atoms with Gasteiger partial charge in [-0.2, -0.15) is 0 Å². The zero-order chi connectivity index (χ0) is 19.0. The van der Waals surface area contributed by atoms with Gasteiger partial charge in [0, 0.05) is 5.54 Å². The first-order chi connectivity index (χ1) is 11.3. The quantitative estimate of drug-likeness (QED) is 0.824. The SMILES string of the molecule is COc1cc(B2OC(C)(C)C(C)(C)O2)ccc1NC(=O)NC(C)(C)C. The molecule has 1 heterocycles. The molecule has 6 nitrogen and oxygen atoms in total. The minimum absolute atomic E-state index is 0.283. The number of hydrogen-bond donors (Lipinski definition) is 2. The fourth-order valence-corrected chi connectivity index (χ4v) is 2.43. The second-order valence-electron chi connectivity index (χ2n) is 8.38. The number of hydrogen-bond acceptors (Lipinski definition) is 4. The zero-order valence-corrected chi connectivity index (χ0v) is 16.4. The van der Waals surface area contributed by atoms with Crippen molar-refractivity contribution >= 4 is 24.3 Å². The number of nitrogens with one attached hydrogen (secondary N) is 2. The van der Waals surface area contributed by atoms with Crippen LogP contribution in [-0.4, -0.2) is 37.0 Å². The molecular weight excluding hydrogens is 319 g/mol. The monoisotopic (exact) mass is 348 g/mol. The maximum atomic E-state index is 12.1. The van der Waals surface area contributed by atoms with E-state index in [9.17, 15) is 4.79 Å². The van der Waals surface area contributed by atoms with Crippen LogP contribution in [-0.2, 0) is 9.31 Å². The van der Waals surface area contributed by atoms with Crippen molar-refractivity contribution in [2.45, 2.75) is 65.2 Å². The van der Waals surface area contributed by atoms with E-state index < -0.39 is 18.3 Å². The Balaban J connectivity index is 2.19. The number of benzene rings is 1. The largest absolute Gasteiger partial charge is 0.495 e. The number of urea groups is 1. The van der Waals surface area contributed by atoms with Crippen LogP contribution in [0.2, 0.25) is 0 Å². The number of methoxy groups -OCH3 is 1. The normalized spacial score (nSPS) is 18.8. The molecule has 25 heavy (non-hydrogen) atoms. The molecule has 2 N–H and O–H groups in total. The van der Waals surface area contributed by atoms with Crippen LogP contribution in [0, 0.1) is 0 Å². The highest BCUT2D eigenvalue weighted by atomic mass is 16.7. The highest BCUT2D eigenvalue weighted by Gasteiger charge is 2.51. The van der Waals surface area contributed by atoms with E-state index in [4.69, 9.17) is 14.0 Å². The van der Waals surface area contributed by atoms with Crippen LogP contribution in [0.4, 0.5) is 10.5 Å². The van der Waals surface area contributed by atoms with E-state index in [1.807, 2.05) is 60.6 Å². The Morgan fingerprint density at radius 2 is 1.68 bits per heavy atom. The molecule has 138 valence electrons. The molecule has 1 saturated heterocycles. The van der Waals surface area contributed by atoms with E-state index >= 15 is 0 Å². The lowest BCUT2D eigenvalue weighted by molar-refractivity contribution is 0.00578. The standard InChI is InChI=1S/C18H29BN2O4/c1-16(2,3)21-15(22)20-13-10-9-12(11-14(13)23-8)19-24-17(4,5)18(6,7)25-19/h9-11H,1-8H3,(H2,20,21,22). The molecule has 7 heteroatoms. The van der Waals surface area contributed by atoms with Crippen molar-refractivity contribution in [2.24, 2.45) is 0 Å². The fourth-order valence-electron chi connectivity index (χ4n) is 2.43. The molecule has 0 aliphatic carbocycles. The van der Waals surface area contributed by atoms with Crippen molar-refractivity contribution < 1.29 is 18.8 Å². The molecule has 1 fully saturated rings. The Kier molecular flexibility index (Phi) is 5.12. The predicted molar refractivity (Wildman–Crippen MR) is 101 cm³/mol. The van der Waals surface area contributed by atoms with E-state index in [1.165, 1.54) is 0 Å². The Morgan fingerprint density at radius 3 is 2.16 bits per heavy atom. The molecule has 2 amide bonds. The van der Waals surface area contributed by atoms with Crippen molar-refractivity contribution in [2.75, 3.05) is 12.4 Å². The summed E-state index contributed by atoms with van der Waals surface area (Å²) in [4.78, 5) is 12.1. The molecule has 0 atom stereocenters. The van der Waals surface area contributed by atoms with Crippen molar-refractivity contribution in [3.63, 3.8) is 0 Å². The van der Waals surface area contributed by atoms with Crippen LogP contribution in [0.15, 0.2) is 18.2 Å². The molecule has 1 aromatic carbocycles. The summed E-state index contributed by atoms with van der Waals surface area (Å²) in [7, 11) is 1.09. The van der Waals surface area contributed by atoms with E-state index in [2.05, 4.69) is 10.6 Å². The Hall–Kier alpha value is -1.73. The molecule has 1 aliphatic rings. The van der Waals surface area contributed by atoms with Gasteiger partial charge in [0.2, 0.25) is 0 Å². The molecule has 0 unspecified atom stereocenters. The molecule has 0 radical (unpaired) electrons. The van der Waals surface area contributed by atoms with Crippen molar-refractivity contribution in [1.82, 2.24) is 5.32 Å². The van der Waals surface area contributed by atoms with Crippen LogP contribution in [0.5, 0.6) is 5.75 Å². The Bertz CT molecular complexity index is 637. The van der Waals surface area contributed by atoms with Gasteiger partial charge >= 0.3 is 13.1 Å². The highest BCUT2D eigenvalue weighted by Crippen LogP contribution is 2.37. The van der Waals surface area contributed by atoms with Gasteiger partial charge in [-0.25, -0.2) is 4.79 Å². The minimum atomic E-state index is -0.476. The second-order valence-corrected chi connectivity index (χ2v) is 8.38. The maximum absolute atomic E-state index is 12.1. The number of carbonyl (C=O) groups is 1. The summed E-state index contributed by atoms with van der Waals surface area (Å²) < 4.78 is 17.5. The number of rotatable bonds is 3. The van der Waals surface area contributed by atoms with Gasteiger partial charge in [-0.1, -0.05) is 6.07 Å². The van der Waals surface area contributed by atoms with E-state index in [0.717, 1.165) is 5.46 Å². The van der Waals surface area contributed by atoms with Gasteiger partial charge in [-0.3, -0.25) is 0 Å². The third kappa shape index (κ3) is 4.47. The van der Waals surface area contributed by atoms with Crippen LogP contribution >= 0.6 is 0 Å². The summed E-state index contributed by atoms with van der Waals surface area (Å²) in [6.45, 7) is 13.8. The van der Waals surface area contributed by atoms with Crippen LogP contribution in [0.25, 0.3) is 0 Å². The molecule has 2 rings (SSSR count). The predicted octanol–water partition coefficient (Wildman–Crippen LogP) is 2.91. The van der Waals surface area contributed by atoms with E-state index in [0.29, 0.717) is 11.4 Å². The van der Waals surface area contributed by atoms with Crippen molar-refractivity contribution in [1.29, 1.82) is 0 Å². The summed E-state index contributed by atoms with van der Waals surface area (Å²) >= 11 is 0. The molecule has 0 spiro atoms. The Morgan fingerprint density at radius 1 is 1.12 bits per heavy atom. The fraction of sp³-hybridized carbons (Fsp3) is 0.611. The van der Waals surface area contributed by atoms with Gasteiger partial charge in [0.05, 0.1) is 24.0 Å². The van der Waals surface area contributed by atoms with Gasteiger partial charge < -0.3 is 24.7 Å². The third-order valence-electron chi connectivity index (χ3n) is 4.49. The van der Waals surface area contributed by atoms with Crippen molar-refractivity contribution in [3.05, 3.63) is 18.2 Å². The first-order valence-electron chi connectivity index (χ1n) is 8.47. The Labute approximate surface area is 150 Å². The lowest BCUT2D eigenvalue weighted by atomic mass is 9.79. The molecular formula is C18H29BN2O4. The number of amides is 2. The molecule has 0 bridgehead atoms. The average Bonchev–Trinajstić information content (AvgIpc) is 2.65. The van der Waals surface area contributed by atoms with Crippen LogP contribution < -0.4 is 20.8 Å². The number of anilines is 1. The molecule has 0 saturated carbocycles. The highest BCUT2D eigenvalue weighted by molar-refractivity contribution is 6.62. The van der Waals surface area contributed by atoms with E-state index in [1.54, 1.807) is 13.2 Å². The first kappa shape index (κ1) is 19.6. The minimum Gasteiger partial charge on any atom is -0.495 e. The van der Waals surface area contributed by atoms with Crippen molar-refractivity contribution in [3.8, 4) is 5.75 Å². The average molecular weight is 348 g/mol. The topological polar surface area (TPSA) is 68.8 Å². The molecule has 1 aliphatic heterocycles. The first-order valence-corrected chi connectivity index (χ1v) is 8.47. The summed E-state index contributed by atoms with van der Waals surface area (Å²) in [5, 5.41) is 5.67. The summed E-state index contributed by atoms with van der Waals surface area (Å²) in [5.41, 5.74) is 0.296. The lowest BCUT2D eigenvalue weighted by Crippen LogP contribution is -2.43. The van der Waals surface area contributed by atoms with E-state index in [-0.39, 0.29) is 11.6 Å². The lowest BCUT2D eigenvalue weighted by Gasteiger charge is -2.32. The number of ether oxygens (including phenoxy) is 1. The maximum Gasteiger partial charge on any atom is 0.494 e. The summed E-state index contributed by atoms with van der Waals surface area (Å²) in [6.07, 6.45) is 0. The molecule has 0 aromatic heterocycles. The number of carbonyl (C=O) groups excluding carboxylic acids is 1. The summed E-state index contributed by atoms with van der Waals surface area (Å²) in [5.74, 6) is 0.552. The van der Waals surface area contributed by atoms with Gasteiger partial charge in [-0.05, 0) is 66.1 Å². The molecule has 1 aromatic rings. The van der Waals surface area contributed by atoms with Crippen LogP contribution in [0.1, 0.15) is 48.5 Å². The third-order valence-corrected chi connectivity index (χ3v) is 4.49. The zero-order valence-electron chi connectivity index (χ0n) is 16.4. The van der Waals surface area contributed by atoms with Gasteiger partial charge in [0.15, 0.2) is 0 Å². The summed E-state index contributed by atoms with van der Waals surface area (Å²) in [6, 6.07) is 5.21. The second kappa shape index (κ2) is 6.54. The van der Waals surface area contributed by atoms with Gasteiger partial charge in [-0.15, -0.1) is 0 Å². The smallest absolute Gasteiger partial charge is 0.494 e. The van der Waals surface area contributed by atoms with Gasteiger partial charge in [0.25, 0.3) is 0 Å². The van der Waals surface area contributed by atoms with Crippen LogP contribution in [0.3, 0.4) is 0 Å². The van der Waals surface area contributed by atoms with Gasteiger partial charge in [0.1, 0.15) is 5.75 Å².